The summed E-state index contributed by atoms with van der Waals surface area (Å²) < 4.78 is 47.1. The first kappa shape index (κ1) is 22.2. The highest BCUT2D eigenvalue weighted by atomic mass is 32.2. The zero-order valence-corrected chi connectivity index (χ0v) is 17.9. The van der Waals surface area contributed by atoms with E-state index in [2.05, 4.69) is 5.32 Å². The van der Waals surface area contributed by atoms with Crippen molar-refractivity contribution in [3.8, 4) is 5.75 Å². The Hall–Kier alpha value is -2.45. The second kappa shape index (κ2) is 10.0. The van der Waals surface area contributed by atoms with Gasteiger partial charge in [-0.25, -0.2) is 12.8 Å². The number of anilines is 1. The Morgan fingerprint density at radius 2 is 1.87 bits per heavy atom. The van der Waals surface area contributed by atoms with E-state index >= 15 is 0 Å². The summed E-state index contributed by atoms with van der Waals surface area (Å²) in [6.45, 7) is 3.08. The molecule has 0 aromatic heterocycles. The van der Waals surface area contributed by atoms with E-state index in [1.165, 1.54) is 16.4 Å². The van der Waals surface area contributed by atoms with Crippen molar-refractivity contribution in [2.24, 2.45) is 0 Å². The molecule has 1 amide bonds. The van der Waals surface area contributed by atoms with Gasteiger partial charge >= 0.3 is 0 Å². The maximum atomic E-state index is 13.7. The van der Waals surface area contributed by atoms with Crippen LogP contribution in [0.4, 0.5) is 10.1 Å². The Balaban J connectivity index is 1.76. The third-order valence-electron chi connectivity index (χ3n) is 5.04. The van der Waals surface area contributed by atoms with Gasteiger partial charge in [-0.1, -0.05) is 24.6 Å². The molecule has 0 bridgehead atoms. The average Bonchev–Trinajstić information content (AvgIpc) is 2.75. The molecule has 0 atom stereocenters. The van der Waals surface area contributed by atoms with Crippen LogP contribution < -0.4 is 10.1 Å². The van der Waals surface area contributed by atoms with Crippen LogP contribution in [0.15, 0.2) is 47.4 Å². The fourth-order valence-corrected chi connectivity index (χ4v) is 5.15. The van der Waals surface area contributed by atoms with Crippen LogP contribution in [0.1, 0.15) is 38.2 Å². The van der Waals surface area contributed by atoms with Gasteiger partial charge in [-0.05, 0) is 56.0 Å². The van der Waals surface area contributed by atoms with E-state index in [4.69, 9.17) is 4.74 Å². The highest BCUT2D eigenvalue weighted by Crippen LogP contribution is 2.31. The predicted octanol–water partition coefficient (Wildman–Crippen LogP) is 3.97. The molecular weight excluding hydrogens is 407 g/mol. The number of hydrogen-bond donors (Lipinski definition) is 1. The van der Waals surface area contributed by atoms with Crippen LogP contribution in [-0.2, 0) is 21.2 Å². The zero-order chi connectivity index (χ0) is 21.6. The molecule has 6 nitrogen and oxygen atoms in total. The molecule has 1 saturated heterocycles. The molecule has 30 heavy (non-hydrogen) atoms. The standard InChI is InChI=1S/C22H27FN2O4S/c1-2-29-20-12-11-18(16-21(20)30(27,28)25-14-6-3-7-15-25)24-22(26)13-10-17-8-4-5-9-19(17)23/h4-5,8-9,11-12,16H,2-3,6-7,10,13-15H2,1H3,(H,24,26). The number of nitrogens with one attached hydrogen (secondary N) is 1. The van der Waals surface area contributed by atoms with Crippen molar-refractivity contribution >= 4 is 21.6 Å². The van der Waals surface area contributed by atoms with Gasteiger partial charge in [0, 0.05) is 25.2 Å². The first-order chi connectivity index (χ1) is 14.4. The maximum absolute atomic E-state index is 13.7. The Morgan fingerprint density at radius 3 is 2.57 bits per heavy atom. The molecule has 1 heterocycles. The van der Waals surface area contributed by atoms with Crippen molar-refractivity contribution in [2.75, 3.05) is 25.0 Å². The van der Waals surface area contributed by atoms with Crippen molar-refractivity contribution in [3.05, 3.63) is 53.8 Å². The number of carbonyl (C=O) groups excluding carboxylic acids is 1. The molecule has 0 unspecified atom stereocenters. The van der Waals surface area contributed by atoms with Crippen LogP contribution in [0.5, 0.6) is 5.75 Å². The quantitative estimate of drug-likeness (QED) is 0.682. The number of hydrogen-bond acceptors (Lipinski definition) is 4. The number of rotatable bonds is 8. The van der Waals surface area contributed by atoms with Gasteiger partial charge in [0.15, 0.2) is 0 Å². The molecule has 2 aromatic rings. The van der Waals surface area contributed by atoms with Gasteiger partial charge in [-0.3, -0.25) is 4.79 Å². The first-order valence-electron chi connectivity index (χ1n) is 10.2. The van der Waals surface area contributed by atoms with Crippen LogP contribution >= 0.6 is 0 Å². The number of sulfonamides is 1. The Morgan fingerprint density at radius 1 is 1.13 bits per heavy atom. The minimum atomic E-state index is -3.73. The summed E-state index contributed by atoms with van der Waals surface area (Å²) in [5.41, 5.74) is 0.834. The van der Waals surface area contributed by atoms with Crippen molar-refractivity contribution in [3.63, 3.8) is 0 Å². The molecule has 0 radical (unpaired) electrons. The summed E-state index contributed by atoms with van der Waals surface area (Å²) in [4.78, 5) is 12.4. The number of carbonyl (C=O) groups is 1. The van der Waals surface area contributed by atoms with Crippen molar-refractivity contribution in [2.45, 2.75) is 43.9 Å². The van der Waals surface area contributed by atoms with Gasteiger partial charge in [0.1, 0.15) is 16.5 Å². The van der Waals surface area contributed by atoms with Gasteiger partial charge in [0.05, 0.1) is 6.61 Å². The normalized spacial score (nSPS) is 15.0. The fraction of sp³-hybridized carbons (Fsp3) is 0.409. The number of amides is 1. The predicted molar refractivity (Wildman–Crippen MR) is 114 cm³/mol. The summed E-state index contributed by atoms with van der Waals surface area (Å²) in [6.07, 6.45) is 3.02. The topological polar surface area (TPSA) is 75.7 Å². The molecule has 1 aliphatic rings. The second-order valence-electron chi connectivity index (χ2n) is 7.20. The van der Waals surface area contributed by atoms with Gasteiger partial charge in [0.2, 0.25) is 15.9 Å². The third kappa shape index (κ3) is 5.37. The van der Waals surface area contributed by atoms with E-state index < -0.39 is 10.0 Å². The second-order valence-corrected chi connectivity index (χ2v) is 9.11. The number of ether oxygens (including phenoxy) is 1. The van der Waals surface area contributed by atoms with E-state index in [9.17, 15) is 17.6 Å². The molecule has 1 aliphatic heterocycles. The molecule has 0 saturated carbocycles. The summed E-state index contributed by atoms with van der Waals surface area (Å²) in [5.74, 6) is -0.391. The lowest BCUT2D eigenvalue weighted by atomic mass is 10.1. The number of aryl methyl sites for hydroxylation is 1. The third-order valence-corrected chi connectivity index (χ3v) is 6.96. The molecule has 162 valence electrons. The summed E-state index contributed by atoms with van der Waals surface area (Å²) in [6, 6.07) is 10.9. The zero-order valence-electron chi connectivity index (χ0n) is 17.1. The molecule has 0 spiro atoms. The van der Waals surface area contributed by atoms with E-state index in [-0.39, 0.29) is 35.2 Å². The lowest BCUT2D eigenvalue weighted by Gasteiger charge is -2.27. The molecular formula is C22H27FN2O4S. The minimum Gasteiger partial charge on any atom is -0.492 e. The highest BCUT2D eigenvalue weighted by molar-refractivity contribution is 7.89. The van der Waals surface area contributed by atoms with Crippen LogP contribution in [-0.4, -0.2) is 38.3 Å². The van der Waals surface area contributed by atoms with E-state index in [1.807, 2.05) is 0 Å². The summed E-state index contributed by atoms with van der Waals surface area (Å²) in [5, 5.41) is 2.72. The lowest BCUT2D eigenvalue weighted by Crippen LogP contribution is -2.35. The molecule has 1 N–H and O–H groups in total. The smallest absolute Gasteiger partial charge is 0.246 e. The van der Waals surface area contributed by atoms with Crippen molar-refractivity contribution in [1.82, 2.24) is 4.31 Å². The maximum Gasteiger partial charge on any atom is 0.246 e. The largest absolute Gasteiger partial charge is 0.492 e. The van der Waals surface area contributed by atoms with Gasteiger partial charge in [0.25, 0.3) is 0 Å². The number of benzene rings is 2. The summed E-state index contributed by atoms with van der Waals surface area (Å²) >= 11 is 0. The molecule has 3 rings (SSSR count). The molecule has 0 aliphatic carbocycles. The van der Waals surface area contributed by atoms with Crippen LogP contribution in [0, 0.1) is 5.82 Å². The van der Waals surface area contributed by atoms with Crippen LogP contribution in [0.25, 0.3) is 0 Å². The van der Waals surface area contributed by atoms with Crippen molar-refractivity contribution < 1.29 is 22.3 Å². The molecule has 1 fully saturated rings. The highest BCUT2D eigenvalue weighted by Gasteiger charge is 2.29. The minimum absolute atomic E-state index is 0.0538. The van der Waals surface area contributed by atoms with E-state index in [0.717, 1.165) is 19.3 Å². The van der Waals surface area contributed by atoms with Gasteiger partial charge in [-0.15, -0.1) is 0 Å². The van der Waals surface area contributed by atoms with E-state index in [0.29, 0.717) is 30.9 Å². The van der Waals surface area contributed by atoms with Gasteiger partial charge in [-0.2, -0.15) is 4.31 Å². The Bertz CT molecular complexity index is 988. The molecule has 8 heteroatoms. The molecule has 2 aromatic carbocycles. The lowest BCUT2D eigenvalue weighted by molar-refractivity contribution is -0.116. The summed E-state index contributed by atoms with van der Waals surface area (Å²) in [7, 11) is -3.73. The average molecular weight is 435 g/mol. The number of piperidine rings is 1. The fourth-order valence-electron chi connectivity index (χ4n) is 3.48. The Kier molecular flexibility index (Phi) is 7.44. The van der Waals surface area contributed by atoms with E-state index in [1.54, 1.807) is 37.3 Å². The SMILES string of the molecule is CCOc1ccc(NC(=O)CCc2ccccc2F)cc1S(=O)(=O)N1CCCCC1. The van der Waals surface area contributed by atoms with Gasteiger partial charge < -0.3 is 10.1 Å². The van der Waals surface area contributed by atoms with Crippen LogP contribution in [0.2, 0.25) is 0 Å². The van der Waals surface area contributed by atoms with Crippen molar-refractivity contribution in [1.29, 1.82) is 0 Å². The monoisotopic (exact) mass is 434 g/mol. The first-order valence-corrected chi connectivity index (χ1v) is 11.7. The number of nitrogens with zero attached hydrogens (tertiary/aromatic N) is 1. The van der Waals surface area contributed by atoms with Crippen LogP contribution in [0.3, 0.4) is 0 Å². The Labute approximate surface area is 177 Å². The number of halogens is 1.